The first kappa shape index (κ1) is 20.5. The number of likely N-dealkylation sites (tertiary alicyclic amines) is 1. The molecule has 0 aromatic carbocycles. The fourth-order valence-electron chi connectivity index (χ4n) is 4.82. The second kappa shape index (κ2) is 8.18. The van der Waals surface area contributed by atoms with Crippen molar-refractivity contribution >= 4 is 16.1 Å². The van der Waals surface area contributed by atoms with Crippen LogP contribution in [0.4, 0.5) is 0 Å². The van der Waals surface area contributed by atoms with Crippen LogP contribution in [-0.4, -0.2) is 86.1 Å². The van der Waals surface area contributed by atoms with Crippen molar-refractivity contribution in [1.82, 2.24) is 13.5 Å². The molecule has 160 valence electrons. The minimum Gasteiger partial charge on any atom is -0.347 e. The van der Waals surface area contributed by atoms with Crippen LogP contribution in [0.3, 0.4) is 0 Å². The smallest absolute Gasteiger partial charge is 0.281 e. The van der Waals surface area contributed by atoms with E-state index in [1.807, 2.05) is 4.90 Å². The van der Waals surface area contributed by atoms with Gasteiger partial charge in [0.2, 0.25) is 5.91 Å². The zero-order chi connectivity index (χ0) is 19.8. The molecule has 0 unspecified atom stereocenters. The van der Waals surface area contributed by atoms with Crippen LogP contribution in [0.25, 0.3) is 0 Å². The Morgan fingerprint density at radius 3 is 1.89 bits per heavy atom. The second-order valence-electron chi connectivity index (χ2n) is 8.70. The fraction of sp³-hybridized carbons (Fsp3) is 0.947. The summed E-state index contributed by atoms with van der Waals surface area (Å²) < 4.78 is 40.5. The molecule has 4 saturated heterocycles. The van der Waals surface area contributed by atoms with Crippen molar-refractivity contribution in [3.05, 3.63) is 0 Å². The van der Waals surface area contributed by atoms with E-state index in [0.29, 0.717) is 71.2 Å². The monoisotopic (exact) mass is 415 g/mol. The topological polar surface area (TPSA) is 79.4 Å². The van der Waals surface area contributed by atoms with Crippen LogP contribution in [0.1, 0.15) is 45.4 Å². The Morgan fingerprint density at radius 1 is 0.857 bits per heavy atom. The van der Waals surface area contributed by atoms with E-state index in [1.54, 1.807) is 8.61 Å². The molecule has 4 aliphatic rings. The molecule has 4 heterocycles. The minimum atomic E-state index is -3.39. The molecular weight excluding hydrogens is 382 g/mol. The highest BCUT2D eigenvalue weighted by Gasteiger charge is 2.42. The number of carbonyl (C=O) groups is 1. The number of hydrogen-bond donors (Lipinski definition) is 0. The lowest BCUT2D eigenvalue weighted by Crippen LogP contribution is -2.52. The second-order valence-corrected chi connectivity index (χ2v) is 10.6. The molecule has 4 aliphatic heterocycles. The van der Waals surface area contributed by atoms with E-state index in [-0.39, 0.29) is 11.8 Å². The first-order chi connectivity index (χ1) is 13.4. The zero-order valence-electron chi connectivity index (χ0n) is 16.8. The van der Waals surface area contributed by atoms with Crippen LogP contribution in [0.2, 0.25) is 0 Å². The van der Waals surface area contributed by atoms with E-state index < -0.39 is 16.0 Å². The van der Waals surface area contributed by atoms with Crippen molar-refractivity contribution in [3.63, 3.8) is 0 Å². The SMILES string of the molecule is CC1CCN(S(=O)(=O)N2CCC(C(=O)N3CCC4(CC3)OCCO4)CC2)CC1. The summed E-state index contributed by atoms with van der Waals surface area (Å²) in [6, 6.07) is 0. The molecule has 4 rings (SSSR count). The molecule has 9 heteroatoms. The van der Waals surface area contributed by atoms with Gasteiger partial charge in [-0.25, -0.2) is 0 Å². The van der Waals surface area contributed by atoms with Crippen LogP contribution in [-0.2, 0) is 24.5 Å². The molecule has 1 spiro atoms. The third-order valence-electron chi connectivity index (χ3n) is 6.85. The van der Waals surface area contributed by atoms with Gasteiger partial charge in [-0.05, 0) is 31.6 Å². The average Bonchev–Trinajstić information content (AvgIpc) is 3.16. The van der Waals surface area contributed by atoms with Crippen molar-refractivity contribution in [2.75, 3.05) is 52.5 Å². The van der Waals surface area contributed by atoms with Gasteiger partial charge in [0, 0.05) is 58.0 Å². The third-order valence-corrected chi connectivity index (χ3v) is 8.88. The van der Waals surface area contributed by atoms with Gasteiger partial charge in [-0.15, -0.1) is 0 Å². The summed E-state index contributed by atoms with van der Waals surface area (Å²) in [5, 5.41) is 0. The first-order valence-electron chi connectivity index (χ1n) is 10.7. The van der Waals surface area contributed by atoms with Gasteiger partial charge in [0.05, 0.1) is 13.2 Å². The normalized spacial score (nSPS) is 28.8. The first-order valence-corrected chi connectivity index (χ1v) is 12.1. The van der Waals surface area contributed by atoms with Crippen LogP contribution in [0.15, 0.2) is 0 Å². The number of carbonyl (C=O) groups excluding carboxylic acids is 1. The molecule has 0 atom stereocenters. The summed E-state index contributed by atoms with van der Waals surface area (Å²) in [5.74, 6) is 0.211. The van der Waals surface area contributed by atoms with Gasteiger partial charge >= 0.3 is 0 Å². The van der Waals surface area contributed by atoms with Crippen molar-refractivity contribution in [3.8, 4) is 0 Å². The molecule has 0 aromatic heterocycles. The molecule has 0 aliphatic carbocycles. The standard InChI is InChI=1S/C19H33N3O5S/c1-16-2-8-21(9-3-16)28(24,25)22-10-4-17(5-11-22)18(23)20-12-6-19(7-13-20)26-14-15-27-19/h16-17H,2-15H2,1H3. The van der Waals surface area contributed by atoms with E-state index in [2.05, 4.69) is 6.92 Å². The molecule has 28 heavy (non-hydrogen) atoms. The maximum Gasteiger partial charge on any atom is 0.281 e. The maximum atomic E-state index is 12.9. The number of piperidine rings is 3. The van der Waals surface area contributed by atoms with Crippen LogP contribution < -0.4 is 0 Å². The number of ether oxygens (including phenoxy) is 2. The largest absolute Gasteiger partial charge is 0.347 e. The van der Waals surface area contributed by atoms with E-state index in [9.17, 15) is 13.2 Å². The average molecular weight is 416 g/mol. The van der Waals surface area contributed by atoms with Crippen LogP contribution in [0, 0.1) is 11.8 Å². The summed E-state index contributed by atoms with van der Waals surface area (Å²) in [7, 11) is -3.39. The van der Waals surface area contributed by atoms with Crippen molar-refractivity contribution < 1.29 is 22.7 Å². The van der Waals surface area contributed by atoms with Crippen LogP contribution in [0.5, 0.6) is 0 Å². The van der Waals surface area contributed by atoms with Gasteiger partial charge in [-0.3, -0.25) is 4.79 Å². The quantitative estimate of drug-likeness (QED) is 0.688. The Balaban J connectivity index is 1.27. The van der Waals surface area contributed by atoms with E-state index in [0.717, 1.165) is 25.7 Å². The lowest BCUT2D eigenvalue weighted by Gasteiger charge is -2.41. The van der Waals surface area contributed by atoms with Crippen molar-refractivity contribution in [2.45, 2.75) is 51.2 Å². The zero-order valence-corrected chi connectivity index (χ0v) is 17.7. The summed E-state index contributed by atoms with van der Waals surface area (Å²) in [5.41, 5.74) is 0. The van der Waals surface area contributed by atoms with E-state index in [1.165, 1.54) is 0 Å². The molecule has 0 saturated carbocycles. The Bertz CT molecular complexity index is 653. The molecule has 0 radical (unpaired) electrons. The molecule has 4 fully saturated rings. The highest BCUT2D eigenvalue weighted by Crippen LogP contribution is 2.33. The number of hydrogen-bond acceptors (Lipinski definition) is 5. The Labute approximate surface area is 168 Å². The van der Waals surface area contributed by atoms with Gasteiger partial charge in [0.15, 0.2) is 5.79 Å². The van der Waals surface area contributed by atoms with Gasteiger partial charge in [-0.2, -0.15) is 17.0 Å². The van der Waals surface area contributed by atoms with Crippen molar-refractivity contribution in [2.24, 2.45) is 11.8 Å². The Kier molecular flexibility index (Phi) is 6.00. The molecule has 1 amide bonds. The third kappa shape index (κ3) is 4.09. The molecule has 0 bridgehead atoms. The summed E-state index contributed by atoms with van der Waals surface area (Å²) in [4.78, 5) is 14.8. The molecule has 8 nitrogen and oxygen atoms in total. The fourth-order valence-corrected chi connectivity index (χ4v) is 6.50. The van der Waals surface area contributed by atoms with Crippen LogP contribution >= 0.6 is 0 Å². The molecule has 0 aromatic rings. The van der Waals surface area contributed by atoms with Crippen molar-refractivity contribution in [1.29, 1.82) is 0 Å². The molecule has 0 N–H and O–H groups in total. The van der Waals surface area contributed by atoms with Gasteiger partial charge < -0.3 is 14.4 Å². The number of nitrogens with zero attached hydrogens (tertiary/aromatic N) is 3. The highest BCUT2D eigenvalue weighted by atomic mass is 32.2. The lowest BCUT2D eigenvalue weighted by molar-refractivity contribution is -0.188. The highest BCUT2D eigenvalue weighted by molar-refractivity contribution is 7.86. The van der Waals surface area contributed by atoms with E-state index >= 15 is 0 Å². The van der Waals surface area contributed by atoms with Gasteiger partial charge in [0.1, 0.15) is 0 Å². The summed E-state index contributed by atoms with van der Waals surface area (Å²) >= 11 is 0. The Morgan fingerprint density at radius 2 is 1.36 bits per heavy atom. The van der Waals surface area contributed by atoms with E-state index in [4.69, 9.17) is 9.47 Å². The number of rotatable bonds is 3. The summed E-state index contributed by atoms with van der Waals surface area (Å²) in [6.07, 6.45) is 4.52. The molecular formula is C19H33N3O5S. The minimum absolute atomic E-state index is 0.0766. The Hall–Kier alpha value is -0.740. The van der Waals surface area contributed by atoms with Gasteiger partial charge in [0.25, 0.3) is 10.2 Å². The summed E-state index contributed by atoms with van der Waals surface area (Å²) in [6.45, 7) is 6.86. The lowest BCUT2D eigenvalue weighted by atomic mass is 9.94. The predicted octanol–water partition coefficient (Wildman–Crippen LogP) is 1.04. The van der Waals surface area contributed by atoms with Gasteiger partial charge in [-0.1, -0.05) is 6.92 Å². The predicted molar refractivity (Wildman–Crippen MR) is 104 cm³/mol. The number of amides is 1. The maximum absolute atomic E-state index is 12.9.